The molecule has 1 aromatic carbocycles. The van der Waals surface area contributed by atoms with E-state index in [2.05, 4.69) is 5.32 Å². The number of rotatable bonds is 4. The van der Waals surface area contributed by atoms with Crippen LogP contribution in [0.4, 0.5) is 0 Å². The maximum Gasteiger partial charge on any atom is 0.255 e. The lowest BCUT2D eigenvalue weighted by atomic mass is 10.1. The van der Waals surface area contributed by atoms with E-state index in [1.165, 1.54) is 0 Å². The molecular weight excluding hydrogens is 268 g/mol. The van der Waals surface area contributed by atoms with Gasteiger partial charge in [0.05, 0.1) is 11.7 Å². The standard InChI is InChI=1S/C16H22N2O3/c1-16(2,3)21-13-9-14(17-11-19)18(10-13)15(20)12-7-5-4-6-8-12/h4-8,11,13-14H,9-10H2,1-3H3,(H,17,19). The number of ether oxygens (including phenoxy) is 1. The minimum absolute atomic E-state index is 0.0740. The van der Waals surface area contributed by atoms with Gasteiger partial charge in [-0.3, -0.25) is 9.59 Å². The molecule has 0 spiro atoms. The molecule has 1 saturated heterocycles. The Morgan fingerprint density at radius 1 is 1.33 bits per heavy atom. The van der Waals surface area contributed by atoms with Crippen LogP contribution in [0.25, 0.3) is 0 Å². The predicted octanol–water partition coefficient (Wildman–Crippen LogP) is 1.79. The highest BCUT2D eigenvalue weighted by molar-refractivity contribution is 5.94. The van der Waals surface area contributed by atoms with Gasteiger partial charge >= 0.3 is 0 Å². The van der Waals surface area contributed by atoms with Crippen molar-refractivity contribution >= 4 is 12.3 Å². The van der Waals surface area contributed by atoms with Crippen molar-refractivity contribution in [3.63, 3.8) is 0 Å². The molecule has 21 heavy (non-hydrogen) atoms. The number of carbonyl (C=O) groups excluding carboxylic acids is 2. The van der Waals surface area contributed by atoms with E-state index in [9.17, 15) is 9.59 Å². The molecule has 2 rings (SSSR count). The molecule has 2 amide bonds. The molecule has 114 valence electrons. The Kier molecular flexibility index (Phi) is 4.63. The van der Waals surface area contributed by atoms with Gasteiger partial charge in [0.15, 0.2) is 0 Å². The van der Waals surface area contributed by atoms with Crippen molar-refractivity contribution in [2.24, 2.45) is 0 Å². The zero-order valence-electron chi connectivity index (χ0n) is 12.7. The van der Waals surface area contributed by atoms with Gasteiger partial charge in [-0.1, -0.05) is 18.2 Å². The summed E-state index contributed by atoms with van der Waals surface area (Å²) in [5.41, 5.74) is 0.342. The number of benzene rings is 1. The van der Waals surface area contributed by atoms with Gasteiger partial charge in [-0.15, -0.1) is 0 Å². The van der Waals surface area contributed by atoms with Crippen molar-refractivity contribution in [1.29, 1.82) is 0 Å². The van der Waals surface area contributed by atoms with Crippen LogP contribution in [0.3, 0.4) is 0 Å². The van der Waals surface area contributed by atoms with Crippen LogP contribution in [-0.2, 0) is 9.53 Å². The van der Waals surface area contributed by atoms with Crippen LogP contribution in [0, 0.1) is 0 Å². The Morgan fingerprint density at radius 3 is 2.57 bits per heavy atom. The van der Waals surface area contributed by atoms with Gasteiger partial charge in [-0.05, 0) is 32.9 Å². The number of hydrogen-bond acceptors (Lipinski definition) is 3. The second kappa shape index (κ2) is 6.26. The van der Waals surface area contributed by atoms with E-state index in [0.717, 1.165) is 0 Å². The minimum Gasteiger partial charge on any atom is -0.371 e. The summed E-state index contributed by atoms with van der Waals surface area (Å²) < 4.78 is 5.94. The second-order valence-corrected chi connectivity index (χ2v) is 6.21. The quantitative estimate of drug-likeness (QED) is 0.860. The number of nitrogens with zero attached hydrogens (tertiary/aromatic N) is 1. The molecule has 1 fully saturated rings. The third-order valence-electron chi connectivity index (χ3n) is 3.32. The number of likely N-dealkylation sites (tertiary alicyclic amines) is 1. The largest absolute Gasteiger partial charge is 0.371 e. The third-order valence-corrected chi connectivity index (χ3v) is 3.32. The normalized spacial score (nSPS) is 22.1. The summed E-state index contributed by atoms with van der Waals surface area (Å²) in [4.78, 5) is 25.0. The van der Waals surface area contributed by atoms with E-state index < -0.39 is 0 Å². The summed E-state index contributed by atoms with van der Waals surface area (Å²) in [7, 11) is 0. The van der Waals surface area contributed by atoms with E-state index in [0.29, 0.717) is 24.9 Å². The average Bonchev–Trinajstić information content (AvgIpc) is 2.80. The van der Waals surface area contributed by atoms with E-state index in [1.54, 1.807) is 17.0 Å². The van der Waals surface area contributed by atoms with Gasteiger partial charge in [0.1, 0.15) is 6.17 Å². The molecule has 0 radical (unpaired) electrons. The van der Waals surface area contributed by atoms with Gasteiger partial charge in [0, 0.05) is 18.5 Å². The Morgan fingerprint density at radius 2 is 2.00 bits per heavy atom. The van der Waals surface area contributed by atoms with Gasteiger partial charge in [0.25, 0.3) is 5.91 Å². The molecule has 1 heterocycles. The van der Waals surface area contributed by atoms with Crippen LogP contribution < -0.4 is 5.32 Å². The van der Waals surface area contributed by atoms with E-state index in [1.807, 2.05) is 39.0 Å². The van der Waals surface area contributed by atoms with E-state index >= 15 is 0 Å². The van der Waals surface area contributed by atoms with Crippen LogP contribution in [0.5, 0.6) is 0 Å². The monoisotopic (exact) mass is 290 g/mol. The first-order valence-electron chi connectivity index (χ1n) is 7.14. The highest BCUT2D eigenvalue weighted by Gasteiger charge is 2.37. The molecular formula is C16H22N2O3. The first kappa shape index (κ1) is 15.5. The van der Waals surface area contributed by atoms with Gasteiger partial charge in [0.2, 0.25) is 6.41 Å². The summed E-state index contributed by atoms with van der Waals surface area (Å²) in [6.45, 7) is 6.43. The average molecular weight is 290 g/mol. The SMILES string of the molecule is CC(C)(C)OC1CC(NC=O)N(C(=O)c2ccccc2)C1. The Labute approximate surface area is 125 Å². The summed E-state index contributed by atoms with van der Waals surface area (Å²) >= 11 is 0. The smallest absolute Gasteiger partial charge is 0.255 e. The fraction of sp³-hybridized carbons (Fsp3) is 0.500. The van der Waals surface area contributed by atoms with Crippen LogP contribution >= 0.6 is 0 Å². The van der Waals surface area contributed by atoms with Crippen molar-refractivity contribution in [2.45, 2.75) is 45.1 Å². The molecule has 1 aromatic rings. The lowest BCUT2D eigenvalue weighted by Gasteiger charge is -2.25. The zero-order chi connectivity index (χ0) is 15.5. The first-order chi connectivity index (χ1) is 9.90. The maximum atomic E-state index is 12.6. The molecule has 0 saturated carbocycles. The van der Waals surface area contributed by atoms with Gasteiger partial charge < -0.3 is 15.0 Å². The van der Waals surface area contributed by atoms with E-state index in [4.69, 9.17) is 4.74 Å². The number of nitrogens with one attached hydrogen (secondary N) is 1. The van der Waals surface area contributed by atoms with Crippen LogP contribution in [0.2, 0.25) is 0 Å². The molecule has 0 bridgehead atoms. The molecule has 5 heteroatoms. The predicted molar refractivity (Wildman–Crippen MR) is 79.7 cm³/mol. The molecule has 0 aromatic heterocycles. The summed E-state index contributed by atoms with van der Waals surface area (Å²) in [5, 5.41) is 2.71. The Hall–Kier alpha value is -1.88. The zero-order valence-corrected chi connectivity index (χ0v) is 12.7. The summed E-state index contributed by atoms with van der Waals surface area (Å²) in [5.74, 6) is -0.0880. The fourth-order valence-corrected chi connectivity index (χ4v) is 2.59. The highest BCUT2D eigenvalue weighted by Crippen LogP contribution is 2.24. The first-order valence-corrected chi connectivity index (χ1v) is 7.14. The molecule has 5 nitrogen and oxygen atoms in total. The van der Waals surface area contributed by atoms with Crippen molar-refractivity contribution in [2.75, 3.05) is 6.54 Å². The second-order valence-electron chi connectivity index (χ2n) is 6.21. The number of amides is 2. The maximum absolute atomic E-state index is 12.6. The summed E-state index contributed by atoms with van der Waals surface area (Å²) in [6.07, 6.45) is 0.849. The van der Waals surface area contributed by atoms with Crippen molar-refractivity contribution in [3.05, 3.63) is 35.9 Å². The summed E-state index contributed by atoms with van der Waals surface area (Å²) in [6, 6.07) is 9.08. The van der Waals surface area contributed by atoms with Crippen molar-refractivity contribution in [3.8, 4) is 0 Å². The molecule has 1 aliphatic heterocycles. The lowest BCUT2D eigenvalue weighted by Crippen LogP contribution is -2.44. The molecule has 1 N–H and O–H groups in total. The molecule has 1 aliphatic rings. The highest BCUT2D eigenvalue weighted by atomic mass is 16.5. The third kappa shape index (κ3) is 4.04. The number of carbonyl (C=O) groups is 2. The minimum atomic E-state index is -0.317. The van der Waals surface area contributed by atoms with Crippen molar-refractivity contribution in [1.82, 2.24) is 10.2 Å². The molecule has 2 unspecified atom stereocenters. The number of hydrogen-bond donors (Lipinski definition) is 1. The van der Waals surface area contributed by atoms with Gasteiger partial charge in [-0.25, -0.2) is 0 Å². The molecule has 2 atom stereocenters. The Bertz CT molecular complexity index is 496. The van der Waals surface area contributed by atoms with E-state index in [-0.39, 0.29) is 23.8 Å². The topological polar surface area (TPSA) is 58.6 Å². The van der Waals surface area contributed by atoms with Crippen LogP contribution in [0.15, 0.2) is 30.3 Å². The van der Waals surface area contributed by atoms with Crippen LogP contribution in [-0.4, -0.2) is 41.6 Å². The Balaban J connectivity index is 2.12. The lowest BCUT2D eigenvalue weighted by molar-refractivity contribution is -0.110. The van der Waals surface area contributed by atoms with Crippen molar-refractivity contribution < 1.29 is 14.3 Å². The van der Waals surface area contributed by atoms with Crippen LogP contribution in [0.1, 0.15) is 37.6 Å². The van der Waals surface area contributed by atoms with Gasteiger partial charge in [-0.2, -0.15) is 0 Å². The fourth-order valence-electron chi connectivity index (χ4n) is 2.59. The molecule has 0 aliphatic carbocycles.